The average molecular weight is 285 g/mol. The summed E-state index contributed by atoms with van der Waals surface area (Å²) in [5.74, 6) is 0.836. The van der Waals surface area contributed by atoms with Crippen LogP contribution >= 0.6 is 0 Å². The molecule has 1 aromatic heterocycles. The number of hydrogen-bond acceptors (Lipinski definition) is 2. The smallest absolute Gasteiger partial charge is 0.257 e. The Morgan fingerprint density at radius 3 is 2.62 bits per heavy atom. The number of aryl methyl sites for hydroxylation is 2. The molecule has 1 aliphatic rings. The fourth-order valence-corrected chi connectivity index (χ4v) is 3.01. The molecule has 4 nitrogen and oxygen atoms in total. The van der Waals surface area contributed by atoms with Crippen LogP contribution in [0.1, 0.15) is 35.4 Å². The third kappa shape index (κ3) is 2.71. The zero-order valence-electron chi connectivity index (χ0n) is 12.6. The summed E-state index contributed by atoms with van der Waals surface area (Å²) in [4.78, 5) is 12.7. The number of nitrogens with one attached hydrogen (secondary N) is 1. The third-order valence-electron chi connectivity index (χ3n) is 4.24. The lowest BCUT2D eigenvalue weighted by Crippen LogP contribution is -2.46. The maximum absolute atomic E-state index is 12.7. The Morgan fingerprint density at radius 1 is 1.19 bits per heavy atom. The Bertz CT molecular complexity index is 702. The molecule has 3 rings (SSSR count). The molecule has 0 fully saturated rings. The summed E-state index contributed by atoms with van der Waals surface area (Å²) in [5, 5.41) is 3.37. The van der Waals surface area contributed by atoms with Crippen molar-refractivity contribution >= 4 is 0 Å². The highest BCUT2D eigenvalue weighted by Crippen LogP contribution is 2.16. The Labute approximate surface area is 124 Å². The fraction of sp³-hybridized carbons (Fsp3) is 0.412. The summed E-state index contributed by atoms with van der Waals surface area (Å²) >= 11 is 0. The van der Waals surface area contributed by atoms with Crippen molar-refractivity contribution in [1.29, 1.82) is 0 Å². The Morgan fingerprint density at radius 2 is 1.90 bits per heavy atom. The van der Waals surface area contributed by atoms with Gasteiger partial charge in [0, 0.05) is 5.56 Å². The Hall–Kier alpha value is -2.10. The molecule has 0 radical (unpaired) electrons. The second-order valence-corrected chi connectivity index (χ2v) is 5.64. The molecule has 0 saturated carbocycles. The van der Waals surface area contributed by atoms with Gasteiger partial charge in [0.25, 0.3) is 11.1 Å². The first-order chi connectivity index (χ1) is 10.2. The van der Waals surface area contributed by atoms with Crippen LogP contribution in [0.25, 0.3) is 0 Å². The van der Waals surface area contributed by atoms with Gasteiger partial charge in [-0.2, -0.15) is 5.10 Å². The molecular formula is C17H21N2O2+. The molecule has 0 spiro atoms. The number of hydrogen-bond donors (Lipinski definition) is 1. The van der Waals surface area contributed by atoms with Gasteiger partial charge in [0.2, 0.25) is 0 Å². The second kappa shape index (κ2) is 5.72. The predicted molar refractivity (Wildman–Crippen MR) is 80.7 cm³/mol. The van der Waals surface area contributed by atoms with E-state index in [-0.39, 0.29) is 5.43 Å². The van der Waals surface area contributed by atoms with Crippen LogP contribution in [-0.4, -0.2) is 12.2 Å². The second-order valence-electron chi connectivity index (χ2n) is 5.64. The lowest BCUT2D eigenvalue weighted by molar-refractivity contribution is -0.738. The van der Waals surface area contributed by atoms with Crippen LogP contribution in [0, 0.1) is 0 Å². The van der Waals surface area contributed by atoms with Gasteiger partial charge in [-0.25, -0.2) is 0 Å². The summed E-state index contributed by atoms with van der Waals surface area (Å²) < 4.78 is 7.05. The van der Waals surface area contributed by atoms with Crippen LogP contribution in [0.5, 0.6) is 5.75 Å². The molecule has 1 N–H and O–H groups in total. The first-order valence-electron chi connectivity index (χ1n) is 7.45. The van der Waals surface area contributed by atoms with E-state index in [1.807, 2.05) is 36.0 Å². The molecule has 1 heterocycles. The van der Waals surface area contributed by atoms with E-state index in [4.69, 9.17) is 4.74 Å². The standard InChI is InChI=1S/C17H20N2O2/c1-19-16(11-12-7-9-13(21-2)10-8-12)17(20)14-5-3-4-6-15(14)18-19/h7-10H,3-6,11H2,1-2H3/p+1. The van der Waals surface area contributed by atoms with Crippen molar-refractivity contribution in [1.82, 2.24) is 5.10 Å². The highest BCUT2D eigenvalue weighted by atomic mass is 16.5. The van der Waals surface area contributed by atoms with E-state index in [9.17, 15) is 4.79 Å². The zero-order valence-corrected chi connectivity index (χ0v) is 12.6. The highest BCUT2D eigenvalue weighted by Gasteiger charge is 2.23. The van der Waals surface area contributed by atoms with Crippen molar-refractivity contribution < 1.29 is 9.42 Å². The topological polar surface area (TPSA) is 46.0 Å². The zero-order chi connectivity index (χ0) is 14.8. The largest absolute Gasteiger partial charge is 0.497 e. The summed E-state index contributed by atoms with van der Waals surface area (Å²) in [6, 6.07) is 7.89. The van der Waals surface area contributed by atoms with E-state index in [0.29, 0.717) is 6.42 Å². The maximum atomic E-state index is 12.7. The van der Waals surface area contributed by atoms with Crippen molar-refractivity contribution in [2.75, 3.05) is 7.11 Å². The first kappa shape index (κ1) is 13.9. The summed E-state index contributed by atoms with van der Waals surface area (Å²) in [7, 11) is 3.58. The van der Waals surface area contributed by atoms with Gasteiger partial charge in [0.05, 0.1) is 19.2 Å². The van der Waals surface area contributed by atoms with Crippen molar-refractivity contribution in [3.05, 3.63) is 57.0 Å². The van der Waals surface area contributed by atoms with Gasteiger partial charge in [-0.15, -0.1) is 4.68 Å². The van der Waals surface area contributed by atoms with Crippen LogP contribution in [-0.2, 0) is 26.3 Å². The molecule has 0 unspecified atom stereocenters. The number of fused-ring (bicyclic) bond motifs is 1. The molecule has 21 heavy (non-hydrogen) atoms. The number of H-pyrrole nitrogens is 1. The van der Waals surface area contributed by atoms with Gasteiger partial charge in [0.1, 0.15) is 5.75 Å². The number of benzene rings is 1. The Kier molecular flexibility index (Phi) is 3.78. The molecule has 2 aromatic rings. The maximum Gasteiger partial charge on any atom is 0.257 e. The minimum atomic E-state index is 0.210. The predicted octanol–water partition coefficient (Wildman–Crippen LogP) is 1.68. The molecule has 0 aliphatic heterocycles. The number of rotatable bonds is 3. The molecule has 0 amide bonds. The highest BCUT2D eigenvalue weighted by molar-refractivity contribution is 5.30. The first-order valence-corrected chi connectivity index (χ1v) is 7.45. The van der Waals surface area contributed by atoms with Crippen LogP contribution in [0.4, 0.5) is 0 Å². The van der Waals surface area contributed by atoms with Crippen molar-refractivity contribution in [3.8, 4) is 5.75 Å². The van der Waals surface area contributed by atoms with E-state index < -0.39 is 0 Å². The van der Waals surface area contributed by atoms with Crippen molar-refractivity contribution in [3.63, 3.8) is 0 Å². The molecule has 0 bridgehead atoms. The van der Waals surface area contributed by atoms with E-state index in [1.165, 1.54) is 6.42 Å². The van der Waals surface area contributed by atoms with E-state index in [0.717, 1.165) is 47.5 Å². The SMILES string of the molecule is COc1ccc(Cc2c(=O)c3c([nH][n+]2C)CCCC3)cc1. The molecule has 0 saturated heterocycles. The van der Waals surface area contributed by atoms with Crippen molar-refractivity contribution in [2.45, 2.75) is 32.1 Å². The minimum Gasteiger partial charge on any atom is -0.497 e. The van der Waals surface area contributed by atoms with Gasteiger partial charge in [-0.3, -0.25) is 4.79 Å². The molecule has 4 heteroatoms. The number of ether oxygens (including phenoxy) is 1. The minimum absolute atomic E-state index is 0.210. The lowest BCUT2D eigenvalue weighted by atomic mass is 9.95. The molecule has 1 aliphatic carbocycles. The molecule has 110 valence electrons. The van der Waals surface area contributed by atoms with Gasteiger partial charge in [0.15, 0.2) is 7.05 Å². The number of aromatic amines is 1. The van der Waals surface area contributed by atoms with Crippen LogP contribution in [0.15, 0.2) is 29.1 Å². The summed E-state index contributed by atoms with van der Waals surface area (Å²) in [6.45, 7) is 0. The van der Waals surface area contributed by atoms with E-state index in [1.54, 1.807) is 7.11 Å². The van der Waals surface area contributed by atoms with Crippen LogP contribution in [0.3, 0.4) is 0 Å². The summed E-state index contributed by atoms with van der Waals surface area (Å²) in [5.41, 5.74) is 4.25. The number of nitrogens with zero attached hydrogens (tertiary/aromatic N) is 1. The van der Waals surface area contributed by atoms with Gasteiger partial charge in [-0.05, 0) is 43.4 Å². The van der Waals surface area contributed by atoms with Crippen LogP contribution in [0.2, 0.25) is 0 Å². The van der Waals surface area contributed by atoms with Gasteiger partial charge >= 0.3 is 0 Å². The molecule has 0 atom stereocenters. The number of methoxy groups -OCH3 is 1. The normalized spacial score (nSPS) is 13.8. The van der Waals surface area contributed by atoms with Crippen molar-refractivity contribution in [2.24, 2.45) is 7.05 Å². The Balaban J connectivity index is 1.96. The quantitative estimate of drug-likeness (QED) is 0.872. The van der Waals surface area contributed by atoms with E-state index >= 15 is 0 Å². The van der Waals surface area contributed by atoms with Gasteiger partial charge < -0.3 is 4.74 Å². The van der Waals surface area contributed by atoms with Crippen LogP contribution < -0.4 is 14.8 Å². The molecular weight excluding hydrogens is 264 g/mol. The molecule has 1 aromatic carbocycles. The number of aromatic nitrogens is 2. The summed E-state index contributed by atoms with van der Waals surface area (Å²) in [6.07, 6.45) is 4.82. The third-order valence-corrected chi connectivity index (χ3v) is 4.24. The lowest BCUT2D eigenvalue weighted by Gasteiger charge is -2.14. The van der Waals surface area contributed by atoms with Gasteiger partial charge in [-0.1, -0.05) is 12.1 Å². The average Bonchev–Trinajstić information content (AvgIpc) is 2.52. The van der Waals surface area contributed by atoms with E-state index in [2.05, 4.69) is 5.10 Å². The monoisotopic (exact) mass is 285 g/mol. The fourth-order valence-electron chi connectivity index (χ4n) is 3.01.